The van der Waals surface area contributed by atoms with Gasteiger partial charge in [-0.1, -0.05) is 17.5 Å². The van der Waals surface area contributed by atoms with E-state index in [-0.39, 0.29) is 12.4 Å². The maximum absolute atomic E-state index is 11.6. The maximum atomic E-state index is 11.6. The van der Waals surface area contributed by atoms with Crippen molar-refractivity contribution in [3.05, 3.63) is 19.8 Å². The summed E-state index contributed by atoms with van der Waals surface area (Å²) in [6, 6.07) is 1.00. The number of carbonyl (C=O) groups is 1. The van der Waals surface area contributed by atoms with Crippen molar-refractivity contribution in [2.24, 2.45) is 10.7 Å². The summed E-state index contributed by atoms with van der Waals surface area (Å²) in [5.41, 5.74) is 5.75. The summed E-state index contributed by atoms with van der Waals surface area (Å²) in [4.78, 5) is 17.6. The monoisotopic (exact) mass is 331 g/mol. The second kappa shape index (κ2) is 4.69. The van der Waals surface area contributed by atoms with Gasteiger partial charge in [-0.05, 0) is 22.0 Å². The predicted molar refractivity (Wildman–Crippen MR) is 72.3 cm³/mol. The van der Waals surface area contributed by atoms with E-state index >= 15 is 0 Å². The topological polar surface area (TPSA) is 58.7 Å². The number of carbonyl (C=O) groups excluding carboxylic acids is 1. The smallest absolute Gasteiger partial charge is 0.347 e. The number of nitrogens with zero attached hydrogens (tertiary/aromatic N) is 2. The second-order valence-corrected chi connectivity index (χ2v) is 5.86. The van der Waals surface area contributed by atoms with Crippen molar-refractivity contribution in [3.63, 3.8) is 0 Å². The van der Waals surface area contributed by atoms with Gasteiger partial charge < -0.3 is 5.73 Å². The highest BCUT2D eigenvalue weighted by Gasteiger charge is 2.35. The van der Waals surface area contributed by atoms with Crippen LogP contribution in [0.2, 0.25) is 4.34 Å². The van der Waals surface area contributed by atoms with Gasteiger partial charge in [0, 0.05) is 9.35 Å². The lowest BCUT2D eigenvalue weighted by Crippen LogP contribution is -2.33. The summed E-state index contributed by atoms with van der Waals surface area (Å²) in [6.07, 6.45) is 5.22. The Hall–Kier alpha value is -1.03. The highest BCUT2D eigenvalue weighted by Crippen LogP contribution is 2.38. The van der Waals surface area contributed by atoms with Crippen LogP contribution in [-0.2, 0) is 0 Å². The summed E-state index contributed by atoms with van der Waals surface area (Å²) < 4.78 is 1.37. The number of aliphatic imine (C=N–C) groups is 1. The van der Waals surface area contributed by atoms with Crippen LogP contribution in [0.15, 0.2) is 15.5 Å². The number of amides is 2. The molecule has 2 N–H and O–H groups in total. The Labute approximate surface area is 116 Å². The van der Waals surface area contributed by atoms with Gasteiger partial charge in [0.25, 0.3) is 0 Å². The molecule has 2 amide bonds. The van der Waals surface area contributed by atoms with E-state index in [0.717, 1.165) is 9.35 Å². The number of hydrogen-bond donors (Lipinski definition) is 1. The minimum Gasteiger partial charge on any atom is -0.385 e. The Morgan fingerprint density at radius 2 is 2.47 bits per heavy atom. The lowest BCUT2D eigenvalue weighted by molar-refractivity contribution is 0.214. The minimum atomic E-state index is -0.411. The van der Waals surface area contributed by atoms with Crippen LogP contribution < -0.4 is 5.73 Å². The third-order valence-electron chi connectivity index (χ3n) is 2.26. The van der Waals surface area contributed by atoms with Gasteiger partial charge in [0.2, 0.25) is 0 Å². The quantitative estimate of drug-likeness (QED) is 0.846. The van der Waals surface area contributed by atoms with Crippen molar-refractivity contribution < 1.29 is 4.79 Å². The Morgan fingerprint density at radius 1 is 1.76 bits per heavy atom. The first kappa shape index (κ1) is 12.4. The van der Waals surface area contributed by atoms with E-state index in [0.29, 0.717) is 4.34 Å². The normalized spacial score (nSPS) is 19.4. The number of thiophene rings is 1. The lowest BCUT2D eigenvalue weighted by atomic mass is 10.2. The van der Waals surface area contributed by atoms with Gasteiger partial charge in [-0.2, -0.15) is 4.99 Å². The Bertz CT molecular complexity index is 529. The fourth-order valence-electron chi connectivity index (χ4n) is 1.56. The molecule has 0 fully saturated rings. The largest absolute Gasteiger partial charge is 0.385 e. The number of amidine groups is 1. The SMILES string of the molecule is C#CCN1C(=O)N=C(N)C1c1cc(Br)c(Cl)s1. The molecule has 88 valence electrons. The molecule has 2 heterocycles. The highest BCUT2D eigenvalue weighted by atomic mass is 79.9. The zero-order valence-corrected chi connectivity index (χ0v) is 11.6. The van der Waals surface area contributed by atoms with Crippen molar-refractivity contribution in [2.75, 3.05) is 6.54 Å². The summed E-state index contributed by atoms with van der Waals surface area (Å²) in [7, 11) is 0. The van der Waals surface area contributed by atoms with E-state index in [4.69, 9.17) is 23.8 Å². The second-order valence-electron chi connectivity index (χ2n) is 3.32. The van der Waals surface area contributed by atoms with Crippen LogP contribution in [0, 0.1) is 12.3 Å². The maximum Gasteiger partial charge on any atom is 0.347 e. The fraction of sp³-hybridized carbons (Fsp3) is 0.200. The molecule has 2 rings (SSSR count). The first-order chi connectivity index (χ1) is 8.04. The van der Waals surface area contributed by atoms with Crippen LogP contribution in [0.4, 0.5) is 4.79 Å². The van der Waals surface area contributed by atoms with E-state index < -0.39 is 12.1 Å². The average molecular weight is 333 g/mol. The van der Waals surface area contributed by atoms with E-state index in [1.807, 2.05) is 6.07 Å². The van der Waals surface area contributed by atoms with Gasteiger partial charge in [-0.25, -0.2) is 4.79 Å². The van der Waals surface area contributed by atoms with Crippen molar-refractivity contribution in [1.29, 1.82) is 0 Å². The number of halogens is 2. The summed E-state index contributed by atoms with van der Waals surface area (Å²) in [5, 5.41) is 0. The molecule has 0 radical (unpaired) electrons. The molecule has 0 aromatic carbocycles. The molecular weight excluding hydrogens is 326 g/mol. The molecule has 1 atom stereocenters. The molecule has 1 aliphatic heterocycles. The lowest BCUT2D eigenvalue weighted by Gasteiger charge is -2.20. The van der Waals surface area contributed by atoms with Crippen LogP contribution in [-0.4, -0.2) is 23.3 Å². The van der Waals surface area contributed by atoms with Gasteiger partial charge in [0.1, 0.15) is 16.2 Å². The fourth-order valence-corrected chi connectivity index (χ4v) is 3.42. The molecule has 0 saturated carbocycles. The van der Waals surface area contributed by atoms with Crippen LogP contribution in [0.1, 0.15) is 10.9 Å². The first-order valence-electron chi connectivity index (χ1n) is 4.57. The molecule has 0 saturated heterocycles. The van der Waals surface area contributed by atoms with Gasteiger partial charge in [0.05, 0.1) is 6.54 Å². The van der Waals surface area contributed by atoms with Crippen molar-refractivity contribution in [1.82, 2.24) is 4.90 Å². The Morgan fingerprint density at radius 3 is 3.00 bits per heavy atom. The number of urea groups is 1. The summed E-state index contributed by atoms with van der Waals surface area (Å²) in [5.74, 6) is 2.66. The predicted octanol–water partition coefficient (Wildman–Crippen LogP) is 2.63. The van der Waals surface area contributed by atoms with E-state index in [1.54, 1.807) is 0 Å². The first-order valence-corrected chi connectivity index (χ1v) is 6.56. The molecule has 1 unspecified atom stereocenters. The molecule has 4 nitrogen and oxygen atoms in total. The molecule has 17 heavy (non-hydrogen) atoms. The van der Waals surface area contributed by atoms with Crippen molar-refractivity contribution >= 4 is 50.7 Å². The molecule has 7 heteroatoms. The minimum absolute atomic E-state index is 0.167. The number of rotatable bonds is 2. The molecule has 0 bridgehead atoms. The average Bonchev–Trinajstić information content (AvgIpc) is 2.70. The van der Waals surface area contributed by atoms with Gasteiger partial charge >= 0.3 is 6.03 Å². The highest BCUT2D eigenvalue weighted by molar-refractivity contribution is 9.10. The number of terminal acetylenes is 1. The van der Waals surface area contributed by atoms with Crippen molar-refractivity contribution in [3.8, 4) is 12.3 Å². The van der Waals surface area contributed by atoms with Crippen molar-refractivity contribution in [2.45, 2.75) is 6.04 Å². The molecule has 0 aliphatic carbocycles. The summed E-state index contributed by atoms with van der Waals surface area (Å²) in [6.45, 7) is 0.167. The molecular formula is C10H7BrClN3OS. The van der Waals surface area contributed by atoms with Crippen LogP contribution in [0.25, 0.3) is 0 Å². The third-order valence-corrected chi connectivity index (χ3v) is 4.78. The summed E-state index contributed by atoms with van der Waals surface area (Å²) >= 11 is 10.6. The van der Waals surface area contributed by atoms with Gasteiger partial charge in [-0.15, -0.1) is 17.8 Å². The van der Waals surface area contributed by atoms with Crippen LogP contribution >= 0.6 is 38.9 Å². The zero-order valence-electron chi connectivity index (χ0n) is 8.48. The van der Waals surface area contributed by atoms with Crippen LogP contribution in [0.3, 0.4) is 0 Å². The van der Waals surface area contributed by atoms with Gasteiger partial charge in [-0.3, -0.25) is 4.90 Å². The van der Waals surface area contributed by atoms with Crippen LogP contribution in [0.5, 0.6) is 0 Å². The Kier molecular flexibility index (Phi) is 3.43. The molecule has 1 aromatic heterocycles. The molecule has 0 spiro atoms. The van der Waals surface area contributed by atoms with E-state index in [9.17, 15) is 4.79 Å². The van der Waals surface area contributed by atoms with E-state index in [2.05, 4.69) is 26.8 Å². The third kappa shape index (κ3) is 2.18. The van der Waals surface area contributed by atoms with Gasteiger partial charge in [0.15, 0.2) is 0 Å². The number of hydrogen-bond acceptors (Lipinski definition) is 3. The Balaban J connectivity index is 2.39. The molecule has 1 aliphatic rings. The zero-order chi connectivity index (χ0) is 12.6. The standard InChI is InChI=1S/C10H7BrClN3OS/c1-2-3-15-7(9(13)14-10(15)16)6-4-5(11)8(12)17-6/h1,4,7H,3H2,(H2,13,14,16). The van der Waals surface area contributed by atoms with E-state index in [1.165, 1.54) is 16.2 Å². The molecule has 1 aromatic rings. The number of nitrogens with two attached hydrogens (primary N) is 1.